The molecule has 0 aliphatic heterocycles. The summed E-state index contributed by atoms with van der Waals surface area (Å²) in [7, 11) is 0. The number of anilines is 1. The Labute approximate surface area is 127 Å². The maximum Gasteiger partial charge on any atom is 0.137 e. The molecule has 1 unspecified atom stereocenters. The van der Waals surface area contributed by atoms with E-state index in [0.717, 1.165) is 28.5 Å². The van der Waals surface area contributed by atoms with Gasteiger partial charge in [0.1, 0.15) is 22.1 Å². The lowest BCUT2D eigenvalue weighted by atomic mass is 9.96. The van der Waals surface area contributed by atoms with E-state index < -0.39 is 0 Å². The molecule has 0 bridgehead atoms. The van der Waals surface area contributed by atoms with E-state index in [1.54, 1.807) is 6.20 Å². The van der Waals surface area contributed by atoms with Crippen molar-refractivity contribution in [2.24, 2.45) is 0 Å². The van der Waals surface area contributed by atoms with Crippen molar-refractivity contribution in [2.45, 2.75) is 45.6 Å². The number of aromatic amines is 1. The molecule has 108 valence electrons. The van der Waals surface area contributed by atoms with Gasteiger partial charge in [-0.3, -0.25) is 0 Å². The topological polar surface area (TPSA) is 66.5 Å². The maximum absolute atomic E-state index is 4.61. The van der Waals surface area contributed by atoms with Gasteiger partial charge in [-0.1, -0.05) is 27.7 Å². The molecule has 20 heavy (non-hydrogen) atoms. The predicted molar refractivity (Wildman–Crippen MR) is 83.7 cm³/mol. The molecule has 0 saturated heterocycles. The third-order valence-corrected chi connectivity index (χ3v) is 3.35. The van der Waals surface area contributed by atoms with E-state index in [1.165, 1.54) is 0 Å². The van der Waals surface area contributed by atoms with Gasteiger partial charge < -0.3 is 10.3 Å². The van der Waals surface area contributed by atoms with Crippen LogP contribution in [0.2, 0.25) is 0 Å². The molecule has 0 fully saturated rings. The van der Waals surface area contributed by atoms with Crippen LogP contribution in [0.5, 0.6) is 0 Å². The lowest BCUT2D eigenvalue weighted by molar-refractivity contribution is 0.543. The van der Waals surface area contributed by atoms with E-state index >= 15 is 0 Å². The first kappa shape index (κ1) is 15.0. The quantitative estimate of drug-likeness (QED) is 0.832. The van der Waals surface area contributed by atoms with Gasteiger partial charge >= 0.3 is 0 Å². The second-order valence-electron chi connectivity index (χ2n) is 5.73. The van der Waals surface area contributed by atoms with Crippen molar-refractivity contribution in [1.82, 2.24) is 19.9 Å². The predicted octanol–water partition coefficient (Wildman–Crippen LogP) is 3.82. The van der Waals surface area contributed by atoms with Crippen LogP contribution >= 0.6 is 15.9 Å². The van der Waals surface area contributed by atoms with Gasteiger partial charge in [-0.15, -0.1) is 0 Å². The highest BCUT2D eigenvalue weighted by Crippen LogP contribution is 2.25. The summed E-state index contributed by atoms with van der Waals surface area (Å²) in [5.41, 5.74) is -0.0907. The highest BCUT2D eigenvalue weighted by atomic mass is 79.9. The van der Waals surface area contributed by atoms with Crippen molar-refractivity contribution in [3.05, 3.63) is 34.7 Å². The van der Waals surface area contributed by atoms with Crippen molar-refractivity contribution in [1.29, 1.82) is 0 Å². The normalized spacial score (nSPS) is 13.2. The van der Waals surface area contributed by atoms with Crippen molar-refractivity contribution < 1.29 is 0 Å². The molecule has 0 aliphatic carbocycles. The first-order valence-corrected chi connectivity index (χ1v) is 7.50. The minimum absolute atomic E-state index is 0.0907. The molecule has 0 saturated carbocycles. The van der Waals surface area contributed by atoms with Gasteiger partial charge in [0.2, 0.25) is 0 Å². The Bertz CT molecular complexity index is 559. The lowest BCUT2D eigenvalue weighted by Gasteiger charge is -2.20. The standard InChI is InChI=1S/C14H20BrN5/c1-5-9(12-16-6-7-17-12)18-11-8-10(15)19-13(20-11)14(2,3)4/h6-9H,5H2,1-4H3,(H,16,17)(H,18,19,20). The highest BCUT2D eigenvalue weighted by molar-refractivity contribution is 9.10. The number of hydrogen-bond acceptors (Lipinski definition) is 4. The third-order valence-electron chi connectivity index (χ3n) is 2.95. The fourth-order valence-electron chi connectivity index (χ4n) is 1.84. The molecular weight excluding hydrogens is 318 g/mol. The Kier molecular flexibility index (Phi) is 4.42. The summed E-state index contributed by atoms with van der Waals surface area (Å²) < 4.78 is 0.786. The second kappa shape index (κ2) is 5.91. The van der Waals surface area contributed by atoms with Gasteiger partial charge in [0.05, 0.1) is 6.04 Å². The van der Waals surface area contributed by atoms with Crippen molar-refractivity contribution >= 4 is 21.7 Å². The fourth-order valence-corrected chi connectivity index (χ4v) is 2.22. The molecular formula is C14H20BrN5. The van der Waals surface area contributed by atoms with Crippen LogP contribution in [0.15, 0.2) is 23.1 Å². The van der Waals surface area contributed by atoms with Crippen molar-refractivity contribution in [2.75, 3.05) is 5.32 Å². The van der Waals surface area contributed by atoms with Crippen LogP contribution in [0.1, 0.15) is 51.8 Å². The molecule has 0 amide bonds. The Hall–Kier alpha value is -1.43. The number of imidazole rings is 1. The van der Waals surface area contributed by atoms with E-state index in [2.05, 4.69) is 68.9 Å². The van der Waals surface area contributed by atoms with Gasteiger partial charge in [0.25, 0.3) is 0 Å². The average molecular weight is 338 g/mol. The van der Waals surface area contributed by atoms with Crippen LogP contribution in [-0.2, 0) is 5.41 Å². The van der Waals surface area contributed by atoms with Crippen LogP contribution < -0.4 is 5.32 Å². The van der Waals surface area contributed by atoms with Gasteiger partial charge in [0, 0.05) is 23.9 Å². The van der Waals surface area contributed by atoms with E-state index in [1.807, 2.05) is 12.3 Å². The van der Waals surface area contributed by atoms with Gasteiger partial charge in [-0.2, -0.15) is 0 Å². The van der Waals surface area contributed by atoms with E-state index in [9.17, 15) is 0 Å². The molecule has 5 nitrogen and oxygen atoms in total. The second-order valence-corrected chi connectivity index (χ2v) is 6.54. The fraction of sp³-hybridized carbons (Fsp3) is 0.500. The molecule has 0 spiro atoms. The highest BCUT2D eigenvalue weighted by Gasteiger charge is 2.20. The summed E-state index contributed by atoms with van der Waals surface area (Å²) in [5, 5.41) is 3.41. The molecule has 6 heteroatoms. The molecule has 0 radical (unpaired) electrons. The average Bonchev–Trinajstić information content (AvgIpc) is 2.88. The summed E-state index contributed by atoms with van der Waals surface area (Å²) >= 11 is 3.45. The minimum Gasteiger partial charge on any atom is -0.360 e. The largest absolute Gasteiger partial charge is 0.360 e. The van der Waals surface area contributed by atoms with Crippen LogP contribution in [0.4, 0.5) is 5.82 Å². The van der Waals surface area contributed by atoms with Crippen LogP contribution in [0.3, 0.4) is 0 Å². The lowest BCUT2D eigenvalue weighted by Crippen LogP contribution is -2.19. The zero-order valence-electron chi connectivity index (χ0n) is 12.2. The summed E-state index contributed by atoms with van der Waals surface area (Å²) in [5.74, 6) is 2.53. The zero-order chi connectivity index (χ0) is 14.8. The maximum atomic E-state index is 4.61. The summed E-state index contributed by atoms with van der Waals surface area (Å²) in [6.45, 7) is 8.41. The molecule has 2 heterocycles. The van der Waals surface area contributed by atoms with Gasteiger partial charge in [0.15, 0.2) is 0 Å². The van der Waals surface area contributed by atoms with Crippen LogP contribution in [-0.4, -0.2) is 19.9 Å². The third kappa shape index (κ3) is 3.56. The summed E-state index contributed by atoms with van der Waals surface area (Å²) in [4.78, 5) is 16.5. The minimum atomic E-state index is -0.0907. The Morgan fingerprint density at radius 3 is 2.65 bits per heavy atom. The zero-order valence-corrected chi connectivity index (χ0v) is 13.8. The number of H-pyrrole nitrogens is 1. The van der Waals surface area contributed by atoms with Crippen molar-refractivity contribution in [3.63, 3.8) is 0 Å². The summed E-state index contributed by atoms with van der Waals surface area (Å²) in [6.07, 6.45) is 4.51. The number of halogens is 1. The van der Waals surface area contributed by atoms with Crippen LogP contribution in [0, 0.1) is 0 Å². The number of aromatic nitrogens is 4. The molecule has 0 aliphatic rings. The number of hydrogen-bond donors (Lipinski definition) is 2. The number of nitrogens with zero attached hydrogens (tertiary/aromatic N) is 3. The first-order valence-electron chi connectivity index (χ1n) is 6.71. The molecule has 0 aromatic carbocycles. The van der Waals surface area contributed by atoms with E-state index in [-0.39, 0.29) is 11.5 Å². The SMILES string of the molecule is CCC(Nc1cc(Br)nc(C(C)(C)C)n1)c1ncc[nH]1. The summed E-state index contributed by atoms with van der Waals surface area (Å²) in [6, 6.07) is 2.00. The molecule has 1 atom stereocenters. The number of rotatable bonds is 4. The van der Waals surface area contributed by atoms with Crippen molar-refractivity contribution in [3.8, 4) is 0 Å². The molecule has 2 aromatic rings. The first-order chi connectivity index (χ1) is 9.40. The van der Waals surface area contributed by atoms with E-state index in [4.69, 9.17) is 0 Å². The smallest absolute Gasteiger partial charge is 0.137 e. The van der Waals surface area contributed by atoms with Gasteiger partial charge in [-0.05, 0) is 22.4 Å². The Balaban J connectivity index is 2.27. The Morgan fingerprint density at radius 2 is 2.10 bits per heavy atom. The molecule has 2 rings (SSSR count). The van der Waals surface area contributed by atoms with Gasteiger partial charge in [-0.25, -0.2) is 15.0 Å². The van der Waals surface area contributed by atoms with Crippen LogP contribution in [0.25, 0.3) is 0 Å². The molecule has 2 N–H and O–H groups in total. The van der Waals surface area contributed by atoms with E-state index in [0.29, 0.717) is 0 Å². The number of nitrogens with one attached hydrogen (secondary N) is 2. The Morgan fingerprint density at radius 1 is 1.35 bits per heavy atom. The molecule has 2 aromatic heterocycles. The monoisotopic (exact) mass is 337 g/mol.